The van der Waals surface area contributed by atoms with E-state index < -0.39 is 0 Å². The molecule has 4 nitrogen and oxygen atoms in total. The second-order valence-corrected chi connectivity index (χ2v) is 6.05. The molecule has 0 bridgehead atoms. The minimum atomic E-state index is 0.0622. The van der Waals surface area contributed by atoms with Gasteiger partial charge in [-0.25, -0.2) is 0 Å². The van der Waals surface area contributed by atoms with E-state index in [-0.39, 0.29) is 12.5 Å². The standard InChI is InChI=1S/C17H26N2O2/c1-13-6-5-7-14(2)17(13)21-12-16(20)19(4)15-8-10-18(3)11-9-15/h5-7,15H,8-12H2,1-4H3. The molecule has 0 aliphatic carbocycles. The largest absolute Gasteiger partial charge is 0.483 e. The van der Waals surface area contributed by atoms with Crippen LogP contribution in [0.3, 0.4) is 0 Å². The molecule has 1 aliphatic heterocycles. The predicted molar refractivity (Wildman–Crippen MR) is 84.7 cm³/mol. The quantitative estimate of drug-likeness (QED) is 0.852. The summed E-state index contributed by atoms with van der Waals surface area (Å²) in [6, 6.07) is 6.36. The molecule has 1 aliphatic rings. The van der Waals surface area contributed by atoms with Gasteiger partial charge in [-0.2, -0.15) is 0 Å². The number of para-hydroxylation sites is 1. The molecule has 0 aromatic heterocycles. The van der Waals surface area contributed by atoms with Gasteiger partial charge in [-0.1, -0.05) is 18.2 Å². The lowest BCUT2D eigenvalue weighted by Gasteiger charge is -2.35. The van der Waals surface area contributed by atoms with Crippen LogP contribution in [0, 0.1) is 13.8 Å². The van der Waals surface area contributed by atoms with Gasteiger partial charge in [0.25, 0.3) is 5.91 Å². The Labute approximate surface area is 127 Å². The average molecular weight is 290 g/mol. The first kappa shape index (κ1) is 15.8. The van der Waals surface area contributed by atoms with Crippen molar-refractivity contribution in [3.05, 3.63) is 29.3 Å². The number of likely N-dealkylation sites (tertiary alicyclic amines) is 1. The van der Waals surface area contributed by atoms with Crippen molar-refractivity contribution < 1.29 is 9.53 Å². The molecule has 1 amide bonds. The second kappa shape index (κ2) is 6.94. The lowest BCUT2D eigenvalue weighted by Crippen LogP contribution is -2.45. The molecule has 1 heterocycles. The van der Waals surface area contributed by atoms with Crippen molar-refractivity contribution in [2.75, 3.05) is 33.8 Å². The zero-order chi connectivity index (χ0) is 15.4. The number of rotatable bonds is 4. The molecule has 4 heteroatoms. The molecular weight excluding hydrogens is 264 g/mol. The Balaban J connectivity index is 1.89. The lowest BCUT2D eigenvalue weighted by molar-refractivity contribution is -0.135. The highest BCUT2D eigenvalue weighted by Gasteiger charge is 2.24. The number of piperidine rings is 1. The number of carbonyl (C=O) groups is 1. The third-order valence-corrected chi connectivity index (χ3v) is 4.38. The molecule has 0 saturated carbocycles. The van der Waals surface area contributed by atoms with E-state index in [0.29, 0.717) is 6.04 Å². The van der Waals surface area contributed by atoms with E-state index >= 15 is 0 Å². The van der Waals surface area contributed by atoms with Crippen LogP contribution in [0.2, 0.25) is 0 Å². The number of hydrogen-bond donors (Lipinski definition) is 0. The van der Waals surface area contributed by atoms with Crippen LogP contribution in [0.1, 0.15) is 24.0 Å². The molecular formula is C17H26N2O2. The van der Waals surface area contributed by atoms with Crippen molar-refractivity contribution in [3.63, 3.8) is 0 Å². The van der Waals surface area contributed by atoms with Crippen LogP contribution in [0.25, 0.3) is 0 Å². The smallest absolute Gasteiger partial charge is 0.260 e. The van der Waals surface area contributed by atoms with Gasteiger partial charge in [0.15, 0.2) is 6.61 Å². The minimum absolute atomic E-state index is 0.0622. The van der Waals surface area contributed by atoms with Crippen LogP contribution in [0.15, 0.2) is 18.2 Å². The van der Waals surface area contributed by atoms with Crippen LogP contribution in [-0.2, 0) is 4.79 Å². The highest BCUT2D eigenvalue weighted by atomic mass is 16.5. The number of carbonyl (C=O) groups excluding carboxylic acids is 1. The van der Waals surface area contributed by atoms with Crippen molar-refractivity contribution in [2.24, 2.45) is 0 Å². The number of nitrogens with zero attached hydrogens (tertiary/aromatic N) is 2. The van der Waals surface area contributed by atoms with Gasteiger partial charge < -0.3 is 14.5 Å². The fourth-order valence-electron chi connectivity index (χ4n) is 2.85. The summed E-state index contributed by atoms with van der Waals surface area (Å²) in [4.78, 5) is 16.5. The normalized spacial score (nSPS) is 16.8. The van der Waals surface area contributed by atoms with Crippen LogP contribution >= 0.6 is 0 Å². The Morgan fingerprint density at radius 2 is 1.86 bits per heavy atom. The van der Waals surface area contributed by atoms with Crippen LogP contribution in [0.5, 0.6) is 5.75 Å². The van der Waals surface area contributed by atoms with Crippen molar-refractivity contribution in [2.45, 2.75) is 32.7 Å². The fourth-order valence-corrected chi connectivity index (χ4v) is 2.85. The van der Waals surface area contributed by atoms with Crippen molar-refractivity contribution in [1.82, 2.24) is 9.80 Å². The van der Waals surface area contributed by atoms with Crippen molar-refractivity contribution >= 4 is 5.91 Å². The van der Waals surface area contributed by atoms with Gasteiger partial charge in [-0.3, -0.25) is 4.79 Å². The molecule has 0 spiro atoms. The molecule has 116 valence electrons. The maximum Gasteiger partial charge on any atom is 0.260 e. The third kappa shape index (κ3) is 3.97. The number of benzene rings is 1. The summed E-state index contributed by atoms with van der Waals surface area (Å²) in [5.41, 5.74) is 2.15. The molecule has 0 unspecified atom stereocenters. The van der Waals surface area contributed by atoms with Gasteiger partial charge in [-0.05, 0) is 58.0 Å². The van der Waals surface area contributed by atoms with Gasteiger partial charge in [0, 0.05) is 13.1 Å². The molecule has 0 N–H and O–H groups in total. The van der Waals surface area contributed by atoms with Crippen LogP contribution < -0.4 is 4.74 Å². The first-order chi connectivity index (χ1) is 9.99. The molecule has 1 saturated heterocycles. The van der Waals surface area contributed by atoms with E-state index in [2.05, 4.69) is 11.9 Å². The van der Waals surface area contributed by atoms with Gasteiger partial charge in [0.05, 0.1) is 0 Å². The maximum absolute atomic E-state index is 12.3. The molecule has 0 atom stereocenters. The van der Waals surface area contributed by atoms with E-state index in [1.54, 1.807) is 0 Å². The van der Waals surface area contributed by atoms with Crippen LogP contribution in [0.4, 0.5) is 0 Å². The van der Waals surface area contributed by atoms with Gasteiger partial charge in [0.1, 0.15) is 5.75 Å². The highest BCUT2D eigenvalue weighted by molar-refractivity contribution is 5.78. The fraction of sp³-hybridized carbons (Fsp3) is 0.588. The molecule has 1 aromatic rings. The van der Waals surface area contributed by atoms with Gasteiger partial charge in [0.2, 0.25) is 0 Å². The summed E-state index contributed by atoms with van der Waals surface area (Å²) in [5, 5.41) is 0. The molecule has 1 aromatic carbocycles. The minimum Gasteiger partial charge on any atom is -0.483 e. The topological polar surface area (TPSA) is 32.8 Å². The molecule has 0 radical (unpaired) electrons. The van der Waals surface area contributed by atoms with Crippen molar-refractivity contribution in [1.29, 1.82) is 0 Å². The highest BCUT2D eigenvalue weighted by Crippen LogP contribution is 2.22. The van der Waals surface area contributed by atoms with Crippen LogP contribution in [-0.4, -0.2) is 55.5 Å². The van der Waals surface area contributed by atoms with Crippen molar-refractivity contribution in [3.8, 4) is 5.75 Å². The van der Waals surface area contributed by atoms with Gasteiger partial charge in [-0.15, -0.1) is 0 Å². The van der Waals surface area contributed by atoms with Gasteiger partial charge >= 0.3 is 0 Å². The Morgan fingerprint density at radius 1 is 1.29 bits per heavy atom. The van der Waals surface area contributed by atoms with E-state index in [1.807, 2.05) is 44.0 Å². The maximum atomic E-state index is 12.3. The average Bonchev–Trinajstić information content (AvgIpc) is 2.46. The predicted octanol–water partition coefficient (Wildman–Crippen LogP) is 2.23. The Hall–Kier alpha value is -1.55. The summed E-state index contributed by atoms with van der Waals surface area (Å²) in [6.07, 6.45) is 2.09. The number of hydrogen-bond acceptors (Lipinski definition) is 3. The first-order valence-electron chi connectivity index (χ1n) is 7.62. The second-order valence-electron chi connectivity index (χ2n) is 6.05. The number of aryl methyl sites for hydroxylation is 2. The Kier molecular flexibility index (Phi) is 5.23. The summed E-state index contributed by atoms with van der Waals surface area (Å²) >= 11 is 0. The summed E-state index contributed by atoms with van der Waals surface area (Å²) in [6.45, 7) is 6.25. The molecule has 2 rings (SSSR count). The van der Waals surface area contributed by atoms with E-state index in [4.69, 9.17) is 4.74 Å². The SMILES string of the molecule is Cc1cccc(C)c1OCC(=O)N(C)C1CCN(C)CC1. The summed E-state index contributed by atoms with van der Waals surface area (Å²) < 4.78 is 5.76. The zero-order valence-corrected chi connectivity index (χ0v) is 13.6. The zero-order valence-electron chi connectivity index (χ0n) is 13.6. The molecule has 1 fully saturated rings. The lowest BCUT2D eigenvalue weighted by atomic mass is 10.0. The summed E-state index contributed by atoms with van der Waals surface area (Å²) in [5.74, 6) is 0.898. The van der Waals surface area contributed by atoms with E-state index in [9.17, 15) is 4.79 Å². The third-order valence-electron chi connectivity index (χ3n) is 4.38. The number of likely N-dealkylation sites (N-methyl/N-ethyl adjacent to an activating group) is 1. The Morgan fingerprint density at radius 3 is 2.43 bits per heavy atom. The van der Waals surface area contributed by atoms with E-state index in [0.717, 1.165) is 42.8 Å². The molecule has 21 heavy (non-hydrogen) atoms. The number of amides is 1. The number of ether oxygens (including phenoxy) is 1. The monoisotopic (exact) mass is 290 g/mol. The first-order valence-corrected chi connectivity index (χ1v) is 7.62. The van der Waals surface area contributed by atoms with E-state index in [1.165, 1.54) is 0 Å². The summed E-state index contributed by atoms with van der Waals surface area (Å²) in [7, 11) is 4.02. The Bertz CT molecular complexity index is 473.